The lowest BCUT2D eigenvalue weighted by atomic mass is 9.85. The normalized spacial score (nSPS) is 18.6. The Kier molecular flexibility index (Phi) is 4.45. The average Bonchev–Trinajstić information content (AvgIpc) is 3.15. The highest BCUT2D eigenvalue weighted by Crippen LogP contribution is 2.41. The van der Waals surface area contributed by atoms with E-state index in [1.54, 1.807) is 13.0 Å². The van der Waals surface area contributed by atoms with E-state index in [2.05, 4.69) is 29.4 Å². The highest BCUT2D eigenvalue weighted by atomic mass is 16.1. The summed E-state index contributed by atoms with van der Waals surface area (Å²) in [7, 11) is 0. The molecule has 4 nitrogen and oxygen atoms in total. The maximum absolute atomic E-state index is 12.4. The number of carbonyl (C=O) groups excluding carboxylic acids is 1. The lowest BCUT2D eigenvalue weighted by Gasteiger charge is -2.34. The first-order chi connectivity index (χ1) is 12.9. The third-order valence-corrected chi connectivity index (χ3v) is 6.15. The van der Waals surface area contributed by atoms with Gasteiger partial charge in [0.1, 0.15) is 0 Å². The van der Waals surface area contributed by atoms with Crippen LogP contribution in [-0.2, 0) is 6.42 Å². The van der Waals surface area contributed by atoms with Gasteiger partial charge in [-0.1, -0.05) is 13.8 Å². The van der Waals surface area contributed by atoms with Crippen LogP contribution in [0, 0.1) is 12.8 Å². The number of hydrogen-bond acceptors (Lipinski definition) is 3. The van der Waals surface area contributed by atoms with Crippen molar-refractivity contribution in [2.24, 2.45) is 5.92 Å². The van der Waals surface area contributed by atoms with Crippen LogP contribution in [0.2, 0.25) is 0 Å². The molecule has 2 aromatic rings. The number of Topliss-reactive ketones (excluding diaryl/α,β-unsaturated/α-hetero) is 1. The highest BCUT2D eigenvalue weighted by molar-refractivity contribution is 6.01. The number of aromatic nitrogens is 1. The zero-order valence-corrected chi connectivity index (χ0v) is 16.7. The van der Waals surface area contributed by atoms with Gasteiger partial charge < -0.3 is 9.47 Å². The molecule has 1 atom stereocenters. The fourth-order valence-electron chi connectivity index (χ4n) is 4.57. The number of nitrogens with zero attached hydrogens (tertiary/aromatic N) is 2. The van der Waals surface area contributed by atoms with Crippen molar-refractivity contribution in [2.45, 2.75) is 53.0 Å². The fraction of sp³-hybridized carbons (Fsp3) is 0.478. The van der Waals surface area contributed by atoms with Gasteiger partial charge in [0, 0.05) is 53.8 Å². The summed E-state index contributed by atoms with van der Waals surface area (Å²) < 4.78 is 2.25. The maximum atomic E-state index is 12.4. The van der Waals surface area contributed by atoms with Crippen LogP contribution in [0.5, 0.6) is 0 Å². The summed E-state index contributed by atoms with van der Waals surface area (Å²) in [6, 6.07) is 6.33. The van der Waals surface area contributed by atoms with E-state index in [0.717, 1.165) is 47.6 Å². The second-order valence-electron chi connectivity index (χ2n) is 8.41. The van der Waals surface area contributed by atoms with Crippen LogP contribution in [0.25, 0.3) is 11.3 Å². The number of aryl methyl sites for hydroxylation is 1. The SMILES string of the molecule is CC(=O)c1cc2c(cc1N1CCCC1)CC(C(C)C)n1cc(C)c(=O)cc1-2. The predicted molar refractivity (Wildman–Crippen MR) is 110 cm³/mol. The van der Waals surface area contributed by atoms with Crippen molar-refractivity contribution < 1.29 is 4.79 Å². The first kappa shape index (κ1) is 18.0. The number of fused-ring (bicyclic) bond motifs is 3. The molecule has 142 valence electrons. The Hall–Kier alpha value is -2.36. The summed E-state index contributed by atoms with van der Waals surface area (Å²) in [5, 5.41) is 0. The van der Waals surface area contributed by atoms with Gasteiger partial charge in [-0.15, -0.1) is 0 Å². The minimum atomic E-state index is 0.0598. The largest absolute Gasteiger partial charge is 0.371 e. The van der Waals surface area contributed by atoms with E-state index in [0.29, 0.717) is 12.0 Å². The first-order valence-electron chi connectivity index (χ1n) is 10.0. The summed E-state index contributed by atoms with van der Waals surface area (Å²) in [5.74, 6) is 0.549. The van der Waals surface area contributed by atoms with Crippen LogP contribution in [-0.4, -0.2) is 23.4 Å². The summed E-state index contributed by atoms with van der Waals surface area (Å²) >= 11 is 0. The van der Waals surface area contributed by atoms with Crippen LogP contribution in [0.4, 0.5) is 5.69 Å². The molecule has 0 N–H and O–H groups in total. The van der Waals surface area contributed by atoms with Crippen molar-refractivity contribution in [1.82, 2.24) is 4.57 Å². The number of ketones is 1. The molecule has 3 heterocycles. The number of pyridine rings is 1. The smallest absolute Gasteiger partial charge is 0.185 e. The van der Waals surface area contributed by atoms with Gasteiger partial charge in [-0.05, 0) is 56.7 Å². The lowest BCUT2D eigenvalue weighted by Crippen LogP contribution is -2.27. The first-order valence-corrected chi connectivity index (χ1v) is 10.0. The summed E-state index contributed by atoms with van der Waals surface area (Å²) in [6.07, 6.45) is 5.29. The van der Waals surface area contributed by atoms with Gasteiger partial charge in [-0.2, -0.15) is 0 Å². The third-order valence-electron chi connectivity index (χ3n) is 6.15. The van der Waals surface area contributed by atoms with Crippen molar-refractivity contribution in [3.63, 3.8) is 0 Å². The van der Waals surface area contributed by atoms with E-state index < -0.39 is 0 Å². The van der Waals surface area contributed by atoms with Crippen LogP contribution in [0.15, 0.2) is 29.2 Å². The highest BCUT2D eigenvalue weighted by Gasteiger charge is 2.29. The van der Waals surface area contributed by atoms with E-state index in [-0.39, 0.29) is 11.2 Å². The molecule has 4 rings (SSSR count). The minimum Gasteiger partial charge on any atom is -0.371 e. The number of rotatable bonds is 3. The molecule has 1 unspecified atom stereocenters. The number of carbonyl (C=O) groups is 1. The average molecular weight is 364 g/mol. The van der Waals surface area contributed by atoms with Gasteiger partial charge in [-0.3, -0.25) is 9.59 Å². The lowest BCUT2D eigenvalue weighted by molar-refractivity contribution is 0.101. The van der Waals surface area contributed by atoms with Gasteiger partial charge in [0.05, 0.1) is 5.69 Å². The zero-order chi connectivity index (χ0) is 19.3. The molecule has 0 spiro atoms. The Morgan fingerprint density at radius 2 is 1.85 bits per heavy atom. The Labute approximate surface area is 160 Å². The molecular formula is C23H28N2O2. The van der Waals surface area contributed by atoms with Crippen LogP contribution < -0.4 is 10.3 Å². The second-order valence-corrected chi connectivity index (χ2v) is 8.41. The van der Waals surface area contributed by atoms with Gasteiger partial charge in [-0.25, -0.2) is 0 Å². The Bertz CT molecular complexity index is 965. The number of anilines is 1. The molecule has 1 fully saturated rings. The molecule has 2 aliphatic rings. The topological polar surface area (TPSA) is 42.3 Å². The van der Waals surface area contributed by atoms with Gasteiger partial charge in [0.15, 0.2) is 11.2 Å². The number of hydrogen-bond donors (Lipinski definition) is 0. The van der Waals surface area contributed by atoms with Gasteiger partial charge in [0.2, 0.25) is 0 Å². The molecule has 27 heavy (non-hydrogen) atoms. The summed E-state index contributed by atoms with van der Waals surface area (Å²) in [6.45, 7) is 10.0. The van der Waals surface area contributed by atoms with Crippen molar-refractivity contribution in [3.8, 4) is 11.3 Å². The van der Waals surface area contributed by atoms with E-state index in [4.69, 9.17) is 0 Å². The molecule has 2 aliphatic heterocycles. The molecule has 4 heteroatoms. The Morgan fingerprint density at radius 1 is 1.15 bits per heavy atom. The standard InChI is InChI=1S/C23H28N2O2/c1-14(2)20-9-17-10-21(24-7-5-6-8-24)18(16(4)26)11-19(17)22-12-23(27)15(3)13-25(20)22/h10-14,20H,5-9H2,1-4H3. The van der Waals surface area contributed by atoms with Crippen LogP contribution in [0.3, 0.4) is 0 Å². The monoisotopic (exact) mass is 364 g/mol. The molecule has 0 saturated carbocycles. The van der Waals surface area contributed by atoms with Crippen molar-refractivity contribution >= 4 is 11.5 Å². The van der Waals surface area contributed by atoms with Crippen molar-refractivity contribution in [3.05, 3.63) is 51.3 Å². The van der Waals surface area contributed by atoms with Crippen molar-refractivity contribution in [1.29, 1.82) is 0 Å². The molecule has 0 radical (unpaired) electrons. The second kappa shape index (κ2) is 6.66. The summed E-state index contributed by atoms with van der Waals surface area (Å²) in [4.78, 5) is 27.1. The molecule has 1 saturated heterocycles. The molecule has 0 bridgehead atoms. The maximum Gasteiger partial charge on any atom is 0.185 e. The zero-order valence-electron chi connectivity index (χ0n) is 16.7. The third kappa shape index (κ3) is 3.01. The summed E-state index contributed by atoms with van der Waals surface area (Å²) in [5.41, 5.74) is 5.92. The Balaban J connectivity index is 1.96. The van der Waals surface area contributed by atoms with Crippen LogP contribution >= 0.6 is 0 Å². The molecule has 1 aromatic heterocycles. The minimum absolute atomic E-state index is 0.0598. The molecular weight excluding hydrogens is 336 g/mol. The van der Waals surface area contributed by atoms with E-state index >= 15 is 0 Å². The van der Waals surface area contributed by atoms with Gasteiger partial charge >= 0.3 is 0 Å². The molecule has 0 amide bonds. The van der Waals surface area contributed by atoms with E-state index in [1.165, 1.54) is 18.4 Å². The number of benzene rings is 1. The van der Waals surface area contributed by atoms with Crippen LogP contribution in [0.1, 0.15) is 61.1 Å². The van der Waals surface area contributed by atoms with Crippen molar-refractivity contribution in [2.75, 3.05) is 18.0 Å². The quantitative estimate of drug-likeness (QED) is 0.759. The van der Waals surface area contributed by atoms with E-state index in [9.17, 15) is 9.59 Å². The predicted octanol–water partition coefficient (Wildman–Crippen LogP) is 4.38. The van der Waals surface area contributed by atoms with E-state index in [1.807, 2.05) is 19.2 Å². The molecule has 1 aromatic carbocycles. The fourth-order valence-corrected chi connectivity index (χ4v) is 4.57. The van der Waals surface area contributed by atoms with Gasteiger partial charge in [0.25, 0.3) is 0 Å². The Morgan fingerprint density at radius 3 is 2.48 bits per heavy atom. The molecule has 0 aliphatic carbocycles.